The fraction of sp³-hybridized carbons (Fsp3) is 0.571. The Labute approximate surface area is 117 Å². The maximum Gasteiger partial charge on any atom is 0.0219 e. The van der Waals surface area contributed by atoms with Crippen LogP contribution in [-0.2, 0) is 6.54 Å². The van der Waals surface area contributed by atoms with Crippen LogP contribution >= 0.6 is 27.7 Å². The van der Waals surface area contributed by atoms with Gasteiger partial charge in [-0.15, -0.1) is 11.8 Å². The molecule has 1 aromatic rings. The van der Waals surface area contributed by atoms with Crippen LogP contribution in [0.4, 0.5) is 0 Å². The summed E-state index contributed by atoms with van der Waals surface area (Å²) in [6, 6.07) is 7.41. The van der Waals surface area contributed by atoms with Gasteiger partial charge < -0.3 is 5.32 Å². The van der Waals surface area contributed by atoms with Crippen LogP contribution in [0.5, 0.6) is 0 Å². The van der Waals surface area contributed by atoms with Gasteiger partial charge in [0.1, 0.15) is 0 Å². The van der Waals surface area contributed by atoms with E-state index in [9.17, 15) is 0 Å². The van der Waals surface area contributed by atoms with Gasteiger partial charge in [-0.25, -0.2) is 0 Å². The highest BCUT2D eigenvalue weighted by atomic mass is 79.9. The molecule has 0 aliphatic heterocycles. The number of hydrogen-bond acceptors (Lipinski definition) is 2. The topological polar surface area (TPSA) is 12.0 Å². The van der Waals surface area contributed by atoms with Crippen molar-refractivity contribution >= 4 is 27.7 Å². The van der Waals surface area contributed by atoms with Crippen molar-refractivity contribution in [3.63, 3.8) is 0 Å². The first-order valence-electron chi connectivity index (χ1n) is 6.37. The first-order valence-corrected chi connectivity index (χ1v) is 8.04. The van der Waals surface area contributed by atoms with Crippen molar-refractivity contribution in [3.8, 4) is 0 Å². The normalized spacial score (nSPS) is 17.1. The molecule has 0 heterocycles. The number of hydrogen-bond donors (Lipinski definition) is 1. The molecule has 1 N–H and O–H groups in total. The number of rotatable bonds is 6. The van der Waals surface area contributed by atoms with Gasteiger partial charge in [0.15, 0.2) is 0 Å². The summed E-state index contributed by atoms with van der Waals surface area (Å²) in [7, 11) is 0. The monoisotopic (exact) mass is 313 g/mol. The van der Waals surface area contributed by atoms with Crippen LogP contribution in [0.15, 0.2) is 27.6 Å². The second-order valence-electron chi connectivity index (χ2n) is 4.74. The van der Waals surface area contributed by atoms with E-state index in [2.05, 4.69) is 53.3 Å². The molecule has 0 radical (unpaired) electrons. The van der Waals surface area contributed by atoms with E-state index >= 15 is 0 Å². The second kappa shape index (κ2) is 6.26. The molecule has 2 rings (SSSR count). The van der Waals surface area contributed by atoms with Gasteiger partial charge in [0, 0.05) is 27.2 Å². The van der Waals surface area contributed by atoms with Crippen molar-refractivity contribution in [2.24, 2.45) is 0 Å². The van der Waals surface area contributed by atoms with Gasteiger partial charge >= 0.3 is 0 Å². The van der Waals surface area contributed by atoms with Crippen LogP contribution in [0.1, 0.15) is 38.7 Å². The molecule has 94 valence electrons. The average molecular weight is 314 g/mol. The van der Waals surface area contributed by atoms with Gasteiger partial charge in [0.2, 0.25) is 0 Å². The van der Waals surface area contributed by atoms with Gasteiger partial charge in [-0.1, -0.05) is 29.8 Å². The molecule has 1 aliphatic rings. The van der Waals surface area contributed by atoms with E-state index < -0.39 is 0 Å². The first-order chi connectivity index (χ1) is 8.19. The highest BCUT2D eigenvalue weighted by Crippen LogP contribution is 2.31. The molecule has 1 fully saturated rings. The lowest BCUT2D eigenvalue weighted by Crippen LogP contribution is -2.16. The molecule has 1 aliphatic carbocycles. The predicted molar refractivity (Wildman–Crippen MR) is 79.6 cm³/mol. The zero-order chi connectivity index (χ0) is 12.3. The molecule has 1 saturated carbocycles. The van der Waals surface area contributed by atoms with Gasteiger partial charge in [-0.3, -0.25) is 0 Å². The molecule has 1 nitrogen and oxygen atoms in total. The average Bonchev–Trinajstić information content (AvgIpc) is 3.13. The summed E-state index contributed by atoms with van der Waals surface area (Å²) < 4.78 is 1.18. The third-order valence-corrected chi connectivity index (χ3v) is 4.97. The summed E-state index contributed by atoms with van der Waals surface area (Å²) in [5, 5.41) is 4.29. The highest BCUT2D eigenvalue weighted by Gasteiger charge is 2.20. The Balaban J connectivity index is 2.05. The van der Waals surface area contributed by atoms with Gasteiger partial charge in [0.05, 0.1) is 0 Å². The maximum absolute atomic E-state index is 3.60. The molecule has 0 aromatic heterocycles. The minimum atomic E-state index is 0.691. The number of thioether (sulfide) groups is 1. The summed E-state index contributed by atoms with van der Waals surface area (Å²) >= 11 is 5.56. The Morgan fingerprint density at radius 2 is 2.24 bits per heavy atom. The van der Waals surface area contributed by atoms with Crippen molar-refractivity contribution in [2.75, 3.05) is 0 Å². The molecule has 1 atom stereocenters. The molecular weight excluding hydrogens is 294 g/mol. The van der Waals surface area contributed by atoms with Crippen LogP contribution in [0.2, 0.25) is 0 Å². The van der Waals surface area contributed by atoms with Crippen LogP contribution in [0.3, 0.4) is 0 Å². The fourth-order valence-electron chi connectivity index (χ4n) is 1.64. The molecule has 0 saturated heterocycles. The third-order valence-electron chi connectivity index (χ3n) is 3.08. The molecule has 0 amide bonds. The minimum absolute atomic E-state index is 0.691. The Morgan fingerprint density at radius 3 is 2.88 bits per heavy atom. The predicted octanol–water partition coefficient (Wildman–Crippen LogP) is 4.59. The lowest BCUT2D eigenvalue weighted by atomic mass is 10.2. The van der Waals surface area contributed by atoms with Crippen LogP contribution in [0, 0.1) is 0 Å². The molecule has 0 bridgehead atoms. The summed E-state index contributed by atoms with van der Waals surface area (Å²) in [6.07, 6.45) is 3.92. The molecule has 3 heteroatoms. The first kappa shape index (κ1) is 13.4. The standard InChI is InChI=1S/C14H20BrNS/c1-3-10(2)17-14-7-4-12(15)8-11(14)9-16-13-5-6-13/h4,7-8,10,13,16H,3,5-6,9H2,1-2H3. The number of halogens is 1. The molecular formula is C14H20BrNS. The largest absolute Gasteiger partial charge is 0.310 e. The zero-order valence-corrected chi connectivity index (χ0v) is 12.9. The van der Waals surface area contributed by atoms with Crippen molar-refractivity contribution in [1.82, 2.24) is 5.32 Å². The Hall–Kier alpha value is 0.01000. The van der Waals surface area contributed by atoms with E-state index in [1.165, 1.54) is 34.2 Å². The van der Waals surface area contributed by atoms with E-state index in [0.29, 0.717) is 5.25 Å². The Bertz CT molecular complexity index is 376. The van der Waals surface area contributed by atoms with Crippen molar-refractivity contribution in [2.45, 2.75) is 55.8 Å². The third kappa shape index (κ3) is 4.31. The van der Waals surface area contributed by atoms with Crippen LogP contribution in [-0.4, -0.2) is 11.3 Å². The zero-order valence-electron chi connectivity index (χ0n) is 10.5. The Kier molecular flexibility index (Phi) is 4.95. The van der Waals surface area contributed by atoms with E-state index in [-0.39, 0.29) is 0 Å². The van der Waals surface area contributed by atoms with Crippen molar-refractivity contribution in [1.29, 1.82) is 0 Å². The van der Waals surface area contributed by atoms with E-state index in [1.807, 2.05) is 11.8 Å². The molecule has 0 spiro atoms. The quantitative estimate of drug-likeness (QED) is 0.771. The number of nitrogens with one attached hydrogen (secondary N) is 1. The van der Waals surface area contributed by atoms with Gasteiger partial charge in [-0.05, 0) is 43.0 Å². The van der Waals surface area contributed by atoms with Gasteiger partial charge in [0.25, 0.3) is 0 Å². The van der Waals surface area contributed by atoms with E-state index in [0.717, 1.165) is 12.6 Å². The van der Waals surface area contributed by atoms with Crippen molar-refractivity contribution < 1.29 is 0 Å². The lowest BCUT2D eigenvalue weighted by Gasteiger charge is -2.14. The number of benzene rings is 1. The van der Waals surface area contributed by atoms with Crippen molar-refractivity contribution in [3.05, 3.63) is 28.2 Å². The van der Waals surface area contributed by atoms with E-state index in [4.69, 9.17) is 0 Å². The second-order valence-corrected chi connectivity index (χ2v) is 7.14. The van der Waals surface area contributed by atoms with Crippen LogP contribution in [0.25, 0.3) is 0 Å². The molecule has 1 aromatic carbocycles. The summed E-state index contributed by atoms with van der Waals surface area (Å²) in [5.74, 6) is 0. The molecule has 17 heavy (non-hydrogen) atoms. The minimum Gasteiger partial charge on any atom is -0.310 e. The summed E-state index contributed by atoms with van der Waals surface area (Å²) in [6.45, 7) is 5.55. The van der Waals surface area contributed by atoms with E-state index in [1.54, 1.807) is 0 Å². The summed E-state index contributed by atoms with van der Waals surface area (Å²) in [4.78, 5) is 1.43. The smallest absolute Gasteiger partial charge is 0.0219 e. The van der Waals surface area contributed by atoms with Crippen LogP contribution < -0.4 is 5.32 Å². The fourth-order valence-corrected chi connectivity index (χ4v) is 3.08. The SMILES string of the molecule is CCC(C)Sc1ccc(Br)cc1CNC1CC1. The summed E-state index contributed by atoms with van der Waals surface area (Å²) in [5.41, 5.74) is 1.43. The van der Waals surface area contributed by atoms with Gasteiger partial charge in [-0.2, -0.15) is 0 Å². The Morgan fingerprint density at radius 1 is 1.47 bits per heavy atom. The highest BCUT2D eigenvalue weighted by molar-refractivity contribution is 9.10. The lowest BCUT2D eigenvalue weighted by molar-refractivity contribution is 0.680. The molecule has 1 unspecified atom stereocenters. The maximum atomic E-state index is 3.60.